The van der Waals surface area contributed by atoms with E-state index in [1.165, 1.54) is 0 Å². The van der Waals surface area contributed by atoms with Gasteiger partial charge < -0.3 is 10.0 Å². The Morgan fingerprint density at radius 2 is 2.00 bits per heavy atom. The van der Waals surface area contributed by atoms with Crippen LogP contribution in [0.4, 0.5) is 0 Å². The Balaban J connectivity index is 2.39. The van der Waals surface area contributed by atoms with Crippen molar-refractivity contribution >= 4 is 30.0 Å². The van der Waals surface area contributed by atoms with Crippen LogP contribution in [0.15, 0.2) is 43.0 Å². The average molecular weight is 236 g/mol. The van der Waals surface area contributed by atoms with Crippen molar-refractivity contribution in [2.24, 2.45) is 0 Å². The van der Waals surface area contributed by atoms with E-state index in [9.17, 15) is 10.0 Å². The van der Waals surface area contributed by atoms with E-state index in [1.54, 1.807) is 0 Å². The van der Waals surface area contributed by atoms with Crippen molar-refractivity contribution in [3.8, 4) is 0 Å². The van der Waals surface area contributed by atoms with Gasteiger partial charge in [0, 0.05) is 5.82 Å². The Morgan fingerprint density at radius 3 is 2.72 bits per heavy atom. The predicted molar refractivity (Wildman–Crippen MR) is 76.0 cm³/mol. The van der Waals surface area contributed by atoms with Crippen molar-refractivity contribution < 1.29 is 10.0 Å². The van der Waals surface area contributed by atoms with Crippen molar-refractivity contribution in [1.29, 1.82) is 0 Å². The minimum Gasteiger partial charge on any atom is -0.426 e. The predicted octanol–water partition coefficient (Wildman–Crippen LogP) is 2.61. The molecule has 2 nitrogen and oxygen atoms in total. The summed E-state index contributed by atoms with van der Waals surface area (Å²) in [7, 11) is -1.37. The highest BCUT2D eigenvalue weighted by molar-refractivity contribution is 6.45. The third-order valence-corrected chi connectivity index (χ3v) is 3.52. The smallest absolute Gasteiger partial charge is 0.426 e. The van der Waals surface area contributed by atoms with Gasteiger partial charge in [0.25, 0.3) is 0 Å². The van der Waals surface area contributed by atoms with Gasteiger partial charge in [0.2, 0.25) is 0 Å². The Hall–Kier alpha value is -1.84. The van der Waals surface area contributed by atoms with Gasteiger partial charge in [0.1, 0.15) is 0 Å². The van der Waals surface area contributed by atoms with Crippen molar-refractivity contribution in [2.45, 2.75) is 5.82 Å². The molecule has 0 saturated carbocycles. The molecule has 0 radical (unpaired) electrons. The molecule has 0 aliphatic heterocycles. The molecule has 88 valence electrons. The summed E-state index contributed by atoms with van der Waals surface area (Å²) in [6.45, 7) is 3.82. The molecule has 2 aromatic carbocycles. The van der Waals surface area contributed by atoms with Crippen LogP contribution in [0.2, 0.25) is 0 Å². The van der Waals surface area contributed by atoms with Crippen molar-refractivity contribution in [1.82, 2.24) is 0 Å². The van der Waals surface area contributed by atoms with Gasteiger partial charge >= 0.3 is 7.12 Å². The van der Waals surface area contributed by atoms with Crippen LogP contribution in [0.1, 0.15) is 22.5 Å². The van der Waals surface area contributed by atoms with Crippen molar-refractivity contribution in [2.75, 3.05) is 0 Å². The number of allylic oxidation sites excluding steroid dienone is 1. The third kappa shape index (κ3) is 1.52. The van der Waals surface area contributed by atoms with E-state index in [-0.39, 0.29) is 5.82 Å². The molecule has 0 saturated heterocycles. The minimum absolute atomic E-state index is 0.360. The third-order valence-electron chi connectivity index (χ3n) is 3.52. The summed E-state index contributed by atoms with van der Waals surface area (Å²) in [6.07, 6.45) is 5.62. The number of hydrogen-bond donors (Lipinski definition) is 2. The number of hydrogen-bond acceptors (Lipinski definition) is 2. The highest BCUT2D eigenvalue weighted by Gasteiger charge is 2.27. The zero-order valence-electron chi connectivity index (χ0n) is 9.88. The van der Waals surface area contributed by atoms with Gasteiger partial charge in [-0.15, -0.1) is 0 Å². The molecule has 2 N–H and O–H groups in total. The van der Waals surface area contributed by atoms with E-state index in [2.05, 4.69) is 6.58 Å². The van der Waals surface area contributed by atoms with Gasteiger partial charge in [0.05, 0.1) is 0 Å². The van der Waals surface area contributed by atoms with Crippen molar-refractivity contribution in [3.63, 3.8) is 0 Å². The van der Waals surface area contributed by atoms with Crippen molar-refractivity contribution in [3.05, 3.63) is 59.7 Å². The summed E-state index contributed by atoms with van der Waals surface area (Å²) in [5.41, 5.74) is 3.13. The lowest BCUT2D eigenvalue weighted by Gasteiger charge is -2.21. The summed E-state index contributed by atoms with van der Waals surface area (Å²) >= 11 is 0. The molecule has 2 aromatic rings. The second-order valence-corrected chi connectivity index (χ2v) is 4.52. The molecule has 0 fully saturated rings. The fourth-order valence-corrected chi connectivity index (χ4v) is 2.65. The fourth-order valence-electron chi connectivity index (χ4n) is 2.65. The molecular formula is C15H13BO2. The monoisotopic (exact) mass is 236 g/mol. The van der Waals surface area contributed by atoms with E-state index >= 15 is 0 Å². The number of benzene rings is 2. The zero-order valence-corrected chi connectivity index (χ0v) is 9.88. The van der Waals surface area contributed by atoms with Gasteiger partial charge in [-0.05, 0) is 27.5 Å². The Labute approximate surface area is 106 Å². The lowest BCUT2D eigenvalue weighted by atomic mass is 9.65. The van der Waals surface area contributed by atoms with Crippen LogP contribution in [0, 0.1) is 0 Å². The van der Waals surface area contributed by atoms with Crippen LogP contribution in [-0.4, -0.2) is 17.2 Å². The zero-order chi connectivity index (χ0) is 12.7. The number of rotatable bonds is 2. The molecule has 1 atom stereocenters. The SMILES string of the molecule is C=Cc1ccc2cccc3c2c1C=CC3B(O)O. The van der Waals surface area contributed by atoms with Crippen LogP contribution in [0.3, 0.4) is 0 Å². The summed E-state index contributed by atoms with van der Waals surface area (Å²) in [4.78, 5) is 0. The molecular weight excluding hydrogens is 223 g/mol. The topological polar surface area (TPSA) is 40.5 Å². The molecule has 3 rings (SSSR count). The highest BCUT2D eigenvalue weighted by atomic mass is 16.4. The molecule has 0 bridgehead atoms. The lowest BCUT2D eigenvalue weighted by molar-refractivity contribution is 0.397. The molecule has 1 aliphatic rings. The molecule has 1 aliphatic carbocycles. The van der Waals surface area contributed by atoms with Crippen LogP contribution in [0.5, 0.6) is 0 Å². The normalized spacial score (nSPS) is 16.9. The molecule has 0 heterocycles. The summed E-state index contributed by atoms with van der Waals surface area (Å²) in [6, 6.07) is 10.0. The van der Waals surface area contributed by atoms with Gasteiger partial charge in [-0.2, -0.15) is 0 Å². The maximum atomic E-state index is 9.46. The first-order valence-corrected chi connectivity index (χ1v) is 5.95. The summed E-state index contributed by atoms with van der Waals surface area (Å²) in [5, 5.41) is 21.1. The maximum absolute atomic E-state index is 9.46. The van der Waals surface area contributed by atoms with Gasteiger partial charge in [-0.3, -0.25) is 0 Å². The van der Waals surface area contributed by atoms with E-state index < -0.39 is 7.12 Å². The Kier molecular flexibility index (Phi) is 2.58. The largest absolute Gasteiger partial charge is 0.463 e. The Morgan fingerprint density at radius 1 is 1.17 bits per heavy atom. The standard InChI is InChI=1S/C15H13BO2/c1-2-10-6-7-11-4-3-5-13-14(16(17)18)9-8-12(10)15(11)13/h2-9,14,17-18H,1H2. The lowest BCUT2D eigenvalue weighted by Crippen LogP contribution is -2.23. The average Bonchev–Trinajstić information content (AvgIpc) is 2.39. The molecule has 0 amide bonds. The fraction of sp³-hybridized carbons (Fsp3) is 0.0667. The quantitative estimate of drug-likeness (QED) is 0.787. The van der Waals surface area contributed by atoms with Gasteiger partial charge in [0.15, 0.2) is 0 Å². The molecule has 0 aromatic heterocycles. The molecule has 0 spiro atoms. The summed E-state index contributed by atoms with van der Waals surface area (Å²) in [5.74, 6) is -0.360. The summed E-state index contributed by atoms with van der Waals surface area (Å²) < 4.78 is 0. The van der Waals surface area contributed by atoms with Crippen LogP contribution in [0.25, 0.3) is 22.9 Å². The van der Waals surface area contributed by atoms with E-state index in [1.807, 2.05) is 48.6 Å². The first kappa shape index (κ1) is 11.3. The van der Waals surface area contributed by atoms with E-state index in [0.717, 1.165) is 27.5 Å². The highest BCUT2D eigenvalue weighted by Crippen LogP contribution is 2.37. The second-order valence-electron chi connectivity index (χ2n) is 4.52. The van der Waals surface area contributed by atoms with Gasteiger partial charge in [-0.25, -0.2) is 0 Å². The molecule has 1 unspecified atom stereocenters. The first-order valence-electron chi connectivity index (χ1n) is 5.95. The maximum Gasteiger partial charge on any atom is 0.463 e. The van der Waals surface area contributed by atoms with Crippen LogP contribution < -0.4 is 0 Å². The van der Waals surface area contributed by atoms with E-state index in [0.29, 0.717) is 0 Å². The minimum atomic E-state index is -1.37. The second kappa shape index (κ2) is 4.12. The van der Waals surface area contributed by atoms with Gasteiger partial charge in [-0.1, -0.05) is 55.1 Å². The van der Waals surface area contributed by atoms with E-state index in [4.69, 9.17) is 0 Å². The Bertz CT molecular complexity index is 659. The molecule has 18 heavy (non-hydrogen) atoms. The first-order chi connectivity index (χ1) is 8.72. The van der Waals surface area contributed by atoms with Crippen LogP contribution >= 0.6 is 0 Å². The molecule has 3 heteroatoms. The van der Waals surface area contributed by atoms with Crippen LogP contribution in [-0.2, 0) is 0 Å².